The van der Waals surface area contributed by atoms with Crippen LogP contribution in [0, 0.1) is 5.92 Å². The van der Waals surface area contributed by atoms with Crippen LogP contribution in [-0.2, 0) is 4.43 Å². The topological polar surface area (TPSA) is 9.23 Å². The van der Waals surface area contributed by atoms with Crippen molar-refractivity contribution < 1.29 is 4.43 Å². The van der Waals surface area contributed by atoms with Crippen LogP contribution in [0.4, 0.5) is 0 Å². The Hall–Kier alpha value is 0.177. The van der Waals surface area contributed by atoms with Crippen LogP contribution in [0.5, 0.6) is 0 Å². The Bertz CT molecular complexity index is 113. The van der Waals surface area contributed by atoms with Gasteiger partial charge in [0.25, 0.3) is 0 Å². The summed E-state index contributed by atoms with van der Waals surface area (Å²) in [6.07, 6.45) is 6.29. The molecule has 0 aromatic heterocycles. The molecule has 0 rings (SSSR count). The van der Waals surface area contributed by atoms with Gasteiger partial charge in [0, 0.05) is 0 Å². The second kappa shape index (κ2) is 6.60. The summed E-state index contributed by atoms with van der Waals surface area (Å²) in [5.41, 5.74) is 0.196. The molecule has 0 saturated carbocycles. The van der Waals surface area contributed by atoms with Gasteiger partial charge in [-0.3, -0.25) is 0 Å². The fraction of sp³-hybridized carbons (Fsp3) is 1.00. The molecule has 0 aromatic rings. The van der Waals surface area contributed by atoms with Crippen molar-refractivity contribution in [2.45, 2.75) is 65.4 Å². The van der Waals surface area contributed by atoms with E-state index in [0.29, 0.717) is 0 Å². The number of hydrogen-bond donors (Lipinski definition) is 0. The minimum atomic E-state index is 0.196. The van der Waals surface area contributed by atoms with Crippen molar-refractivity contribution in [2.24, 2.45) is 5.92 Å². The standard InChI is InChI=1S/C11H26OSi/c1-5-8-9-10(4)11(6-2,7-3)12-13/h10H,5-9H2,1-4,13H3. The van der Waals surface area contributed by atoms with E-state index in [1.165, 1.54) is 19.3 Å². The Morgan fingerprint density at radius 3 is 2.08 bits per heavy atom. The maximum atomic E-state index is 5.83. The summed E-state index contributed by atoms with van der Waals surface area (Å²) < 4.78 is 5.83. The fourth-order valence-electron chi connectivity index (χ4n) is 2.21. The van der Waals surface area contributed by atoms with Gasteiger partial charge >= 0.3 is 0 Å². The zero-order valence-electron chi connectivity index (χ0n) is 10.0. The summed E-state index contributed by atoms with van der Waals surface area (Å²) in [5.74, 6) is 0.722. The molecule has 2 heteroatoms. The summed E-state index contributed by atoms with van der Waals surface area (Å²) >= 11 is 0. The molecule has 0 aliphatic rings. The van der Waals surface area contributed by atoms with Crippen molar-refractivity contribution in [3.63, 3.8) is 0 Å². The first-order valence-corrected chi connectivity index (χ1v) is 6.53. The summed E-state index contributed by atoms with van der Waals surface area (Å²) in [4.78, 5) is 0. The molecule has 0 saturated heterocycles. The van der Waals surface area contributed by atoms with Crippen LogP contribution in [0.25, 0.3) is 0 Å². The molecule has 0 fully saturated rings. The number of hydrogen-bond acceptors (Lipinski definition) is 1. The molecule has 0 spiro atoms. The van der Waals surface area contributed by atoms with Gasteiger partial charge in [0.2, 0.25) is 0 Å². The minimum absolute atomic E-state index is 0.196. The summed E-state index contributed by atoms with van der Waals surface area (Å²) in [6, 6.07) is 0. The van der Waals surface area contributed by atoms with Crippen LogP contribution in [-0.4, -0.2) is 16.1 Å². The third-order valence-electron chi connectivity index (χ3n) is 3.49. The summed E-state index contributed by atoms with van der Waals surface area (Å²) in [5, 5.41) is 0. The van der Waals surface area contributed by atoms with E-state index in [9.17, 15) is 0 Å². The van der Waals surface area contributed by atoms with Crippen molar-refractivity contribution >= 4 is 10.5 Å². The third kappa shape index (κ3) is 3.43. The molecular weight excluding hydrogens is 176 g/mol. The quantitative estimate of drug-likeness (QED) is 0.577. The highest BCUT2D eigenvalue weighted by atomic mass is 28.2. The second-order valence-electron chi connectivity index (χ2n) is 4.02. The van der Waals surface area contributed by atoms with E-state index in [0.717, 1.165) is 29.2 Å². The van der Waals surface area contributed by atoms with E-state index in [4.69, 9.17) is 4.43 Å². The summed E-state index contributed by atoms with van der Waals surface area (Å²) in [7, 11) is 0.872. The smallest absolute Gasteiger partial charge is 0.146 e. The highest BCUT2D eigenvalue weighted by Gasteiger charge is 2.30. The van der Waals surface area contributed by atoms with Gasteiger partial charge in [-0.05, 0) is 25.2 Å². The SMILES string of the molecule is CCCCC(C)C(CC)(CC)O[SiH3]. The first-order valence-electron chi connectivity index (χ1n) is 5.72. The Morgan fingerprint density at radius 2 is 1.77 bits per heavy atom. The molecule has 0 aliphatic carbocycles. The highest BCUT2D eigenvalue weighted by molar-refractivity contribution is 5.98. The van der Waals surface area contributed by atoms with Crippen molar-refractivity contribution in [3.8, 4) is 0 Å². The van der Waals surface area contributed by atoms with Crippen LogP contribution in [0.3, 0.4) is 0 Å². The number of unbranched alkanes of at least 4 members (excludes halogenated alkanes) is 1. The van der Waals surface area contributed by atoms with Crippen molar-refractivity contribution in [3.05, 3.63) is 0 Å². The molecule has 13 heavy (non-hydrogen) atoms. The predicted molar refractivity (Wildman–Crippen MR) is 63.0 cm³/mol. The van der Waals surface area contributed by atoms with Gasteiger partial charge in [0.15, 0.2) is 0 Å². The van der Waals surface area contributed by atoms with E-state index in [2.05, 4.69) is 27.7 Å². The Morgan fingerprint density at radius 1 is 1.23 bits per heavy atom. The molecule has 1 atom stereocenters. The predicted octanol–water partition coefficient (Wildman–Crippen LogP) is 2.67. The molecule has 80 valence electrons. The van der Waals surface area contributed by atoms with Crippen molar-refractivity contribution in [1.29, 1.82) is 0 Å². The van der Waals surface area contributed by atoms with E-state index < -0.39 is 0 Å². The normalized spacial score (nSPS) is 14.8. The zero-order valence-corrected chi connectivity index (χ0v) is 12.0. The van der Waals surface area contributed by atoms with Crippen LogP contribution in [0.2, 0.25) is 0 Å². The van der Waals surface area contributed by atoms with E-state index >= 15 is 0 Å². The molecule has 0 aromatic carbocycles. The van der Waals surface area contributed by atoms with Crippen LogP contribution < -0.4 is 0 Å². The van der Waals surface area contributed by atoms with Gasteiger partial charge < -0.3 is 4.43 Å². The van der Waals surface area contributed by atoms with Crippen LogP contribution in [0.1, 0.15) is 59.8 Å². The van der Waals surface area contributed by atoms with Gasteiger partial charge in [-0.15, -0.1) is 0 Å². The van der Waals surface area contributed by atoms with Crippen molar-refractivity contribution in [1.82, 2.24) is 0 Å². The highest BCUT2D eigenvalue weighted by Crippen LogP contribution is 2.31. The Labute approximate surface area is 86.8 Å². The van der Waals surface area contributed by atoms with E-state index in [1.807, 2.05) is 0 Å². The van der Waals surface area contributed by atoms with E-state index in [1.54, 1.807) is 0 Å². The van der Waals surface area contributed by atoms with Crippen LogP contribution >= 0.6 is 0 Å². The molecule has 1 nitrogen and oxygen atoms in total. The Balaban J connectivity index is 4.17. The molecule has 0 amide bonds. The Kier molecular flexibility index (Phi) is 6.69. The third-order valence-corrected chi connectivity index (χ3v) is 4.31. The summed E-state index contributed by atoms with van der Waals surface area (Å²) in [6.45, 7) is 9.11. The molecule has 0 N–H and O–H groups in total. The molecular formula is C11H26OSi. The monoisotopic (exact) mass is 202 g/mol. The minimum Gasteiger partial charge on any atom is -0.422 e. The molecule has 0 bridgehead atoms. The molecule has 0 heterocycles. The van der Waals surface area contributed by atoms with E-state index in [-0.39, 0.29) is 5.60 Å². The maximum absolute atomic E-state index is 5.83. The molecule has 0 radical (unpaired) electrons. The maximum Gasteiger partial charge on any atom is 0.146 e. The van der Waals surface area contributed by atoms with Crippen molar-refractivity contribution in [2.75, 3.05) is 0 Å². The fourth-order valence-corrected chi connectivity index (χ4v) is 3.19. The second-order valence-corrected chi connectivity index (χ2v) is 4.43. The zero-order chi connectivity index (χ0) is 10.3. The lowest BCUT2D eigenvalue weighted by atomic mass is 9.81. The molecule has 1 unspecified atom stereocenters. The van der Waals surface area contributed by atoms with Crippen LogP contribution in [0.15, 0.2) is 0 Å². The first kappa shape index (κ1) is 13.2. The first-order chi connectivity index (χ1) is 6.16. The van der Waals surface area contributed by atoms with Gasteiger partial charge in [0.1, 0.15) is 10.5 Å². The number of rotatable bonds is 7. The average molecular weight is 202 g/mol. The molecule has 0 aliphatic heterocycles. The lowest BCUT2D eigenvalue weighted by Crippen LogP contribution is -2.37. The lowest BCUT2D eigenvalue weighted by molar-refractivity contribution is 0.0105. The average Bonchev–Trinajstić information content (AvgIpc) is 2.18. The van der Waals surface area contributed by atoms with Gasteiger partial charge in [-0.25, -0.2) is 0 Å². The van der Waals surface area contributed by atoms with Gasteiger partial charge in [-0.1, -0.05) is 40.5 Å². The van der Waals surface area contributed by atoms with Gasteiger partial charge in [0.05, 0.1) is 5.60 Å². The largest absolute Gasteiger partial charge is 0.422 e. The van der Waals surface area contributed by atoms with Gasteiger partial charge in [-0.2, -0.15) is 0 Å². The lowest BCUT2D eigenvalue weighted by Gasteiger charge is -2.37.